The zero-order valence-corrected chi connectivity index (χ0v) is 21.8. The van der Waals surface area contributed by atoms with E-state index < -0.39 is 0 Å². The van der Waals surface area contributed by atoms with Gasteiger partial charge in [-0.1, -0.05) is 67.0 Å². The molecule has 0 aromatic carbocycles. The highest BCUT2D eigenvalue weighted by Crippen LogP contribution is 2.58. The highest BCUT2D eigenvalue weighted by molar-refractivity contribution is 5.71. The lowest BCUT2D eigenvalue weighted by Crippen LogP contribution is -2.31. The number of allylic oxidation sites excluding steroid dienone is 18. The van der Waals surface area contributed by atoms with Crippen LogP contribution in [-0.4, -0.2) is 0 Å². The Balaban J connectivity index is 1.18. The van der Waals surface area contributed by atoms with Crippen LogP contribution in [0.1, 0.15) is 64.7 Å². The van der Waals surface area contributed by atoms with Crippen LogP contribution in [0.5, 0.6) is 0 Å². The van der Waals surface area contributed by atoms with Gasteiger partial charge < -0.3 is 0 Å². The van der Waals surface area contributed by atoms with Crippen molar-refractivity contribution < 1.29 is 0 Å². The molecule has 0 spiro atoms. The lowest BCUT2D eigenvalue weighted by molar-refractivity contribution is 0.228. The predicted molar refractivity (Wildman–Crippen MR) is 148 cm³/mol. The van der Waals surface area contributed by atoms with Crippen molar-refractivity contribution in [2.45, 2.75) is 64.7 Å². The van der Waals surface area contributed by atoms with Crippen LogP contribution < -0.4 is 0 Å². The molecule has 0 bridgehead atoms. The fourth-order valence-electron chi connectivity index (χ4n) is 8.82. The van der Waals surface area contributed by atoms with Crippen molar-refractivity contribution in [3.63, 3.8) is 0 Å². The standard InChI is InChI=1S/C35H34N2/c1-21-15-25-8-4-10-31-30-14-13-28-23(11-12-29(28)34(30)18-32(21)35(25)31)6-2-5-22-16-24-7-3-9-27(24)33(17-22)26(19-36)20-37/h2,5-6,11-12,14,17-18,24-25,27,31,35H,3-4,7-10,13,15-16H2,1H3/b5-2+,23-6+. The molecule has 2 saturated carbocycles. The molecule has 37 heavy (non-hydrogen) atoms. The summed E-state index contributed by atoms with van der Waals surface area (Å²) in [6.45, 7) is 2.37. The van der Waals surface area contributed by atoms with E-state index in [0.29, 0.717) is 17.4 Å². The third kappa shape index (κ3) is 3.57. The number of hydrogen-bond donors (Lipinski definition) is 0. The molecule has 0 amide bonds. The first-order valence-electron chi connectivity index (χ1n) is 14.3. The fourth-order valence-corrected chi connectivity index (χ4v) is 8.82. The molecule has 7 aliphatic carbocycles. The molecule has 2 nitrogen and oxygen atoms in total. The first-order chi connectivity index (χ1) is 18.2. The SMILES string of the molecule is CC1=C2C=C3C(=CCC4=C3C=C/C4=C\C=C\C3=CC(=C(C#N)C#N)C4CCCC4C3)C3CCCC(C1)C23. The summed E-state index contributed by atoms with van der Waals surface area (Å²) in [5.41, 5.74) is 13.2. The molecule has 7 rings (SSSR count). The molecule has 2 heteroatoms. The molecule has 0 radical (unpaired) electrons. The number of rotatable bonds is 2. The Hall–Kier alpha value is -3.36. The van der Waals surface area contributed by atoms with Crippen LogP contribution in [0.15, 0.2) is 104 Å². The van der Waals surface area contributed by atoms with Gasteiger partial charge in [0.2, 0.25) is 0 Å². The van der Waals surface area contributed by atoms with Gasteiger partial charge in [0.05, 0.1) is 0 Å². The molecule has 5 unspecified atom stereocenters. The van der Waals surface area contributed by atoms with Crippen molar-refractivity contribution >= 4 is 0 Å². The second-order valence-electron chi connectivity index (χ2n) is 12.2. The van der Waals surface area contributed by atoms with Crippen molar-refractivity contribution in [3.8, 4) is 12.1 Å². The summed E-state index contributed by atoms with van der Waals surface area (Å²) < 4.78 is 0. The summed E-state index contributed by atoms with van der Waals surface area (Å²) in [6.07, 6.45) is 29.6. The van der Waals surface area contributed by atoms with Gasteiger partial charge in [0.15, 0.2) is 0 Å². The monoisotopic (exact) mass is 482 g/mol. The van der Waals surface area contributed by atoms with Crippen molar-refractivity contribution in [1.29, 1.82) is 10.5 Å². The number of nitriles is 2. The van der Waals surface area contributed by atoms with E-state index in [4.69, 9.17) is 0 Å². The predicted octanol–water partition coefficient (Wildman–Crippen LogP) is 8.45. The Morgan fingerprint density at radius 1 is 0.946 bits per heavy atom. The lowest BCUT2D eigenvalue weighted by atomic mass is 9.62. The summed E-state index contributed by atoms with van der Waals surface area (Å²) in [4.78, 5) is 0. The first kappa shape index (κ1) is 22.8. The maximum atomic E-state index is 9.50. The van der Waals surface area contributed by atoms with E-state index in [1.807, 2.05) is 0 Å². The molecule has 7 aliphatic rings. The molecule has 0 saturated heterocycles. The van der Waals surface area contributed by atoms with E-state index >= 15 is 0 Å². The zero-order chi connectivity index (χ0) is 25.1. The second kappa shape index (κ2) is 8.89. The minimum Gasteiger partial charge on any atom is -0.192 e. The lowest BCUT2D eigenvalue weighted by Gasteiger charge is -2.42. The zero-order valence-electron chi connectivity index (χ0n) is 21.8. The quantitative estimate of drug-likeness (QED) is 0.371. The number of nitrogens with zero attached hydrogens (tertiary/aromatic N) is 2. The van der Waals surface area contributed by atoms with Gasteiger partial charge in [-0.2, -0.15) is 10.5 Å². The van der Waals surface area contributed by atoms with Gasteiger partial charge in [0.1, 0.15) is 17.7 Å². The topological polar surface area (TPSA) is 47.6 Å². The molecular weight excluding hydrogens is 448 g/mol. The molecule has 0 aliphatic heterocycles. The summed E-state index contributed by atoms with van der Waals surface area (Å²) in [5, 5.41) is 19.0. The van der Waals surface area contributed by atoms with E-state index in [2.05, 4.69) is 67.7 Å². The van der Waals surface area contributed by atoms with Crippen LogP contribution in [0, 0.1) is 52.3 Å². The average Bonchev–Trinajstić information content (AvgIpc) is 3.63. The third-order valence-corrected chi connectivity index (χ3v) is 10.4. The van der Waals surface area contributed by atoms with Crippen LogP contribution >= 0.6 is 0 Å². The molecule has 0 aromatic heterocycles. The molecule has 5 atom stereocenters. The van der Waals surface area contributed by atoms with Crippen molar-refractivity contribution in [3.05, 3.63) is 104 Å². The van der Waals surface area contributed by atoms with Gasteiger partial charge in [-0.3, -0.25) is 0 Å². The van der Waals surface area contributed by atoms with E-state index in [0.717, 1.165) is 42.6 Å². The summed E-state index contributed by atoms with van der Waals surface area (Å²) >= 11 is 0. The normalized spacial score (nSPS) is 34.5. The Morgan fingerprint density at radius 3 is 2.59 bits per heavy atom. The smallest absolute Gasteiger partial charge is 0.133 e. The largest absolute Gasteiger partial charge is 0.192 e. The van der Waals surface area contributed by atoms with E-state index in [9.17, 15) is 10.5 Å². The van der Waals surface area contributed by atoms with Gasteiger partial charge in [-0.25, -0.2) is 0 Å². The summed E-state index contributed by atoms with van der Waals surface area (Å²) in [6, 6.07) is 4.30. The van der Waals surface area contributed by atoms with Crippen LogP contribution in [0.3, 0.4) is 0 Å². The Kier molecular flexibility index (Phi) is 5.48. The van der Waals surface area contributed by atoms with E-state index in [1.165, 1.54) is 66.4 Å². The summed E-state index contributed by atoms with van der Waals surface area (Å²) in [5.74, 6) is 3.34. The van der Waals surface area contributed by atoms with Gasteiger partial charge >= 0.3 is 0 Å². The molecule has 0 aromatic rings. The van der Waals surface area contributed by atoms with Crippen molar-refractivity contribution in [2.75, 3.05) is 0 Å². The molecule has 184 valence electrons. The van der Waals surface area contributed by atoms with Crippen LogP contribution in [0.4, 0.5) is 0 Å². The van der Waals surface area contributed by atoms with Crippen LogP contribution in [0.25, 0.3) is 0 Å². The molecule has 0 N–H and O–H groups in total. The second-order valence-corrected chi connectivity index (χ2v) is 12.2. The van der Waals surface area contributed by atoms with Gasteiger partial charge in [0, 0.05) is 0 Å². The molecule has 0 heterocycles. The Labute approximate surface area is 221 Å². The van der Waals surface area contributed by atoms with Crippen molar-refractivity contribution in [1.82, 2.24) is 0 Å². The first-order valence-corrected chi connectivity index (χ1v) is 14.3. The minimum absolute atomic E-state index is 0.305. The minimum atomic E-state index is 0.305. The van der Waals surface area contributed by atoms with E-state index in [-0.39, 0.29) is 0 Å². The van der Waals surface area contributed by atoms with Crippen LogP contribution in [0.2, 0.25) is 0 Å². The van der Waals surface area contributed by atoms with Crippen LogP contribution in [-0.2, 0) is 0 Å². The third-order valence-electron chi connectivity index (χ3n) is 10.4. The van der Waals surface area contributed by atoms with Gasteiger partial charge in [-0.15, -0.1) is 0 Å². The maximum Gasteiger partial charge on any atom is 0.133 e. The number of hydrogen-bond acceptors (Lipinski definition) is 2. The molecule has 2 fully saturated rings. The highest BCUT2D eigenvalue weighted by Gasteiger charge is 2.45. The fraction of sp³-hybridized carbons (Fsp3) is 0.429. The molecular formula is C35H34N2. The Morgan fingerprint density at radius 2 is 1.76 bits per heavy atom. The van der Waals surface area contributed by atoms with Crippen molar-refractivity contribution in [2.24, 2.45) is 29.6 Å². The van der Waals surface area contributed by atoms with Gasteiger partial charge in [-0.05, 0) is 126 Å². The number of fused-ring (bicyclic) bond motifs is 4. The maximum absolute atomic E-state index is 9.50. The Bertz CT molecular complexity index is 1430. The average molecular weight is 483 g/mol. The van der Waals surface area contributed by atoms with E-state index in [1.54, 1.807) is 16.7 Å². The summed E-state index contributed by atoms with van der Waals surface area (Å²) in [7, 11) is 0. The highest BCUT2D eigenvalue weighted by atomic mass is 14.5. The van der Waals surface area contributed by atoms with Gasteiger partial charge in [0.25, 0.3) is 0 Å².